The fourth-order valence-corrected chi connectivity index (χ4v) is 8.03. The van der Waals surface area contributed by atoms with Crippen molar-refractivity contribution >= 4 is 21.7 Å². The highest BCUT2D eigenvalue weighted by atomic mass is 32.2. The molecule has 0 saturated heterocycles. The minimum absolute atomic E-state index is 0.00478. The maximum absolute atomic E-state index is 14.5. The zero-order valence-corrected chi connectivity index (χ0v) is 29.1. The van der Waals surface area contributed by atoms with Gasteiger partial charge in [-0.15, -0.1) is 0 Å². The van der Waals surface area contributed by atoms with Gasteiger partial charge in [0.05, 0.1) is 17.1 Å². The Bertz CT molecular complexity index is 1610. The van der Waals surface area contributed by atoms with Crippen LogP contribution in [0, 0.1) is 18.6 Å². The van der Waals surface area contributed by atoms with Gasteiger partial charge < -0.3 is 21.1 Å². The molecule has 0 aromatic heterocycles. The van der Waals surface area contributed by atoms with Crippen LogP contribution >= 0.6 is 0 Å². The van der Waals surface area contributed by atoms with E-state index >= 15 is 0 Å². The second-order valence-electron chi connectivity index (χ2n) is 12.5. The number of benzene rings is 3. The Morgan fingerprint density at radius 3 is 2.12 bits per heavy atom. The summed E-state index contributed by atoms with van der Waals surface area (Å²) >= 11 is 0. The molecular formula is C37H49F2N3O5S. The van der Waals surface area contributed by atoms with Crippen molar-refractivity contribution in [2.24, 2.45) is 5.73 Å². The number of aliphatic hydroxyl groups is 1. The summed E-state index contributed by atoms with van der Waals surface area (Å²) in [4.78, 5) is 29.3. The number of hydrogen-bond acceptors (Lipinski definition) is 6. The minimum atomic E-state index is -3.86. The van der Waals surface area contributed by atoms with Crippen molar-refractivity contribution in [1.29, 1.82) is 0 Å². The Kier molecular flexibility index (Phi) is 14.7. The third kappa shape index (κ3) is 11.2. The van der Waals surface area contributed by atoms with Gasteiger partial charge in [-0.1, -0.05) is 76.1 Å². The SMILES string of the molecule is CCCC(CCC)S(=O)(=O)CC(NC(=O)c1ccccc1C)C(=O)N(Cc1cccc(CC)c1)C[C@@H](O)[C@@H](N)Cc1cc(F)cc(F)c1. The summed E-state index contributed by atoms with van der Waals surface area (Å²) in [5.74, 6) is -3.47. The molecule has 11 heteroatoms. The van der Waals surface area contributed by atoms with E-state index in [0.29, 0.717) is 36.8 Å². The first kappa shape index (κ1) is 38.8. The lowest BCUT2D eigenvalue weighted by Crippen LogP contribution is -2.55. The predicted octanol–water partition coefficient (Wildman–Crippen LogP) is 5.28. The van der Waals surface area contributed by atoms with Crippen LogP contribution in [0.4, 0.5) is 8.78 Å². The van der Waals surface area contributed by atoms with Crippen LogP contribution in [0.1, 0.15) is 79.1 Å². The topological polar surface area (TPSA) is 130 Å². The van der Waals surface area contributed by atoms with Crippen LogP contribution in [0.25, 0.3) is 0 Å². The molecule has 0 bridgehead atoms. The molecule has 0 aliphatic rings. The van der Waals surface area contributed by atoms with E-state index in [-0.39, 0.29) is 25.1 Å². The standard InChI is InChI=1S/C37H49F2N3O5S/c1-5-11-31(12-6-2)48(46,47)24-34(41-36(44)32-16-9-8-13-25(32)4)37(45)42(22-27-15-10-14-26(7-3)17-27)23-35(43)33(40)20-28-18-29(38)21-30(39)19-28/h8-10,13-19,21,31,33-35,43H,5-7,11-12,20,22-24,40H2,1-4H3,(H,41,44)/t33-,34?,35+/m0/s1. The van der Waals surface area contributed by atoms with E-state index in [9.17, 15) is 31.9 Å². The van der Waals surface area contributed by atoms with Crippen molar-refractivity contribution in [1.82, 2.24) is 10.2 Å². The van der Waals surface area contributed by atoms with Crippen molar-refractivity contribution < 1.29 is 31.9 Å². The van der Waals surface area contributed by atoms with E-state index in [1.165, 1.54) is 4.90 Å². The number of amides is 2. The number of nitrogens with one attached hydrogen (secondary N) is 1. The van der Waals surface area contributed by atoms with Gasteiger partial charge in [0, 0.05) is 30.8 Å². The number of halogens is 2. The van der Waals surface area contributed by atoms with E-state index in [1.807, 2.05) is 45.0 Å². The fourth-order valence-electron chi connectivity index (χ4n) is 5.87. The van der Waals surface area contributed by atoms with Gasteiger partial charge in [0.15, 0.2) is 9.84 Å². The monoisotopic (exact) mass is 685 g/mol. The number of rotatable bonds is 18. The molecular weight excluding hydrogens is 636 g/mol. The Morgan fingerprint density at radius 2 is 1.52 bits per heavy atom. The summed E-state index contributed by atoms with van der Waals surface area (Å²) in [6.07, 6.45) is 1.42. The highest BCUT2D eigenvalue weighted by Gasteiger charge is 2.36. The Balaban J connectivity index is 2.01. The Morgan fingerprint density at radius 1 is 0.896 bits per heavy atom. The lowest BCUT2D eigenvalue weighted by molar-refractivity contribution is -0.135. The molecule has 262 valence electrons. The van der Waals surface area contributed by atoms with Gasteiger partial charge in [-0.25, -0.2) is 17.2 Å². The van der Waals surface area contributed by atoms with Crippen LogP contribution in [-0.2, 0) is 34.0 Å². The van der Waals surface area contributed by atoms with Gasteiger partial charge in [-0.05, 0) is 73.1 Å². The van der Waals surface area contributed by atoms with Crippen LogP contribution in [-0.4, -0.2) is 66.0 Å². The number of aryl methyl sites for hydroxylation is 2. The number of hydrogen-bond donors (Lipinski definition) is 3. The highest BCUT2D eigenvalue weighted by molar-refractivity contribution is 7.92. The first-order chi connectivity index (χ1) is 22.8. The summed E-state index contributed by atoms with van der Waals surface area (Å²) in [5, 5.41) is 13.3. The average molecular weight is 686 g/mol. The second kappa shape index (κ2) is 18.2. The molecule has 0 spiro atoms. The van der Waals surface area contributed by atoms with Crippen LogP contribution < -0.4 is 11.1 Å². The smallest absolute Gasteiger partial charge is 0.252 e. The molecule has 1 unspecified atom stereocenters. The fraction of sp³-hybridized carbons (Fsp3) is 0.459. The highest BCUT2D eigenvalue weighted by Crippen LogP contribution is 2.20. The lowest BCUT2D eigenvalue weighted by Gasteiger charge is -2.32. The molecule has 3 aromatic rings. The van der Waals surface area contributed by atoms with Gasteiger partial charge in [0.2, 0.25) is 5.91 Å². The number of sulfone groups is 1. The number of carbonyl (C=O) groups excluding carboxylic acids is 2. The number of nitrogens with two attached hydrogens (primary N) is 1. The number of carbonyl (C=O) groups is 2. The molecule has 0 aliphatic heterocycles. The molecule has 3 rings (SSSR count). The lowest BCUT2D eigenvalue weighted by atomic mass is 10.0. The van der Waals surface area contributed by atoms with E-state index < -0.39 is 62.5 Å². The first-order valence-electron chi connectivity index (χ1n) is 16.6. The van der Waals surface area contributed by atoms with Gasteiger partial charge in [0.25, 0.3) is 5.91 Å². The molecule has 48 heavy (non-hydrogen) atoms. The van der Waals surface area contributed by atoms with E-state index in [1.54, 1.807) is 31.2 Å². The van der Waals surface area contributed by atoms with Crippen molar-refractivity contribution in [2.75, 3.05) is 12.3 Å². The molecule has 0 heterocycles. The van der Waals surface area contributed by atoms with Gasteiger partial charge >= 0.3 is 0 Å². The Hall–Kier alpha value is -3.67. The van der Waals surface area contributed by atoms with E-state index in [0.717, 1.165) is 35.7 Å². The van der Waals surface area contributed by atoms with Crippen LogP contribution in [0.3, 0.4) is 0 Å². The normalized spacial score (nSPS) is 13.6. The minimum Gasteiger partial charge on any atom is -0.390 e. The maximum atomic E-state index is 14.5. The summed E-state index contributed by atoms with van der Waals surface area (Å²) < 4.78 is 55.3. The van der Waals surface area contributed by atoms with E-state index in [2.05, 4.69) is 5.32 Å². The molecule has 0 fully saturated rings. The van der Waals surface area contributed by atoms with Crippen molar-refractivity contribution in [3.8, 4) is 0 Å². The summed E-state index contributed by atoms with van der Waals surface area (Å²) in [5.41, 5.74) is 9.24. The zero-order valence-electron chi connectivity index (χ0n) is 28.3. The third-order valence-electron chi connectivity index (χ3n) is 8.50. The molecule has 3 aromatic carbocycles. The van der Waals surface area contributed by atoms with E-state index in [4.69, 9.17) is 5.73 Å². The zero-order chi connectivity index (χ0) is 35.4. The van der Waals surface area contributed by atoms with Crippen molar-refractivity contribution in [2.45, 2.75) is 96.2 Å². The van der Waals surface area contributed by atoms with Crippen LogP contribution in [0.2, 0.25) is 0 Å². The van der Waals surface area contributed by atoms with Crippen LogP contribution in [0.15, 0.2) is 66.7 Å². The van der Waals surface area contributed by atoms with Crippen molar-refractivity contribution in [3.63, 3.8) is 0 Å². The first-order valence-corrected chi connectivity index (χ1v) is 18.3. The molecule has 4 N–H and O–H groups in total. The van der Waals surface area contributed by atoms with Gasteiger partial charge in [0.1, 0.15) is 17.7 Å². The van der Waals surface area contributed by atoms with Gasteiger partial charge in [-0.2, -0.15) is 0 Å². The second-order valence-corrected chi connectivity index (χ2v) is 14.8. The third-order valence-corrected chi connectivity index (χ3v) is 10.8. The average Bonchev–Trinajstić information content (AvgIpc) is 3.03. The molecule has 0 saturated carbocycles. The molecule has 0 radical (unpaired) electrons. The van der Waals surface area contributed by atoms with Gasteiger partial charge in [-0.3, -0.25) is 9.59 Å². The molecule has 2 amide bonds. The molecule has 3 atom stereocenters. The maximum Gasteiger partial charge on any atom is 0.252 e. The Labute approximate surface area is 283 Å². The predicted molar refractivity (Wildman–Crippen MR) is 185 cm³/mol. The summed E-state index contributed by atoms with van der Waals surface area (Å²) in [6.45, 7) is 7.21. The van der Waals surface area contributed by atoms with Crippen LogP contribution in [0.5, 0.6) is 0 Å². The molecule has 8 nitrogen and oxygen atoms in total. The quantitative estimate of drug-likeness (QED) is 0.167. The molecule has 0 aliphatic carbocycles. The summed E-state index contributed by atoms with van der Waals surface area (Å²) in [7, 11) is -3.86. The number of aliphatic hydroxyl groups excluding tert-OH is 1. The van der Waals surface area contributed by atoms with Crippen molar-refractivity contribution in [3.05, 3.63) is 106 Å². The number of nitrogens with zero attached hydrogens (tertiary/aromatic N) is 1. The largest absolute Gasteiger partial charge is 0.390 e. The summed E-state index contributed by atoms with van der Waals surface area (Å²) in [6, 6.07) is 14.8.